The molecule has 0 saturated heterocycles. The van der Waals surface area contributed by atoms with Crippen molar-refractivity contribution in [1.29, 1.82) is 0 Å². The van der Waals surface area contributed by atoms with Gasteiger partial charge in [-0.05, 0) is 17.9 Å². The molecule has 0 aromatic carbocycles. The molecule has 3 heteroatoms. The van der Waals surface area contributed by atoms with Crippen LogP contribution in [0.5, 0.6) is 0 Å². The lowest BCUT2D eigenvalue weighted by atomic mass is 9.82. The number of hydrogen-bond acceptors (Lipinski definition) is 1. The van der Waals surface area contributed by atoms with Crippen molar-refractivity contribution in [3.8, 4) is 0 Å². The molecule has 0 aromatic rings. The first kappa shape index (κ1) is 9.94. The monoisotopic (exact) mass is 202 g/mol. The van der Waals surface area contributed by atoms with E-state index in [1.807, 2.05) is 6.92 Å². The van der Waals surface area contributed by atoms with Gasteiger partial charge < -0.3 is 4.74 Å². The van der Waals surface area contributed by atoms with E-state index in [0.29, 0.717) is 24.7 Å². The van der Waals surface area contributed by atoms with E-state index < -0.39 is 18.3 Å². The smallest absolute Gasteiger partial charge is 0.162 e. The molecule has 4 unspecified atom stereocenters. The Balaban J connectivity index is 2.24. The highest BCUT2D eigenvalue weighted by Crippen LogP contribution is 2.39. The van der Waals surface area contributed by atoms with E-state index in [1.54, 1.807) is 6.92 Å². The highest BCUT2D eigenvalue weighted by molar-refractivity contribution is 5.21. The van der Waals surface area contributed by atoms with Crippen molar-refractivity contribution in [3.05, 3.63) is 11.3 Å². The van der Waals surface area contributed by atoms with Crippen molar-refractivity contribution >= 4 is 0 Å². The van der Waals surface area contributed by atoms with Crippen LogP contribution in [0.25, 0.3) is 0 Å². The summed E-state index contributed by atoms with van der Waals surface area (Å²) in [5.41, 5.74) is 0.863. The summed E-state index contributed by atoms with van der Waals surface area (Å²) in [6.45, 7) is 4.23. The Bertz CT molecular complexity index is 262. The number of alkyl halides is 2. The van der Waals surface area contributed by atoms with Crippen molar-refractivity contribution in [2.45, 2.75) is 39.0 Å². The van der Waals surface area contributed by atoms with Crippen LogP contribution in [0.4, 0.5) is 8.78 Å². The zero-order chi connectivity index (χ0) is 10.3. The Kier molecular flexibility index (Phi) is 2.50. The third-order valence-corrected chi connectivity index (χ3v) is 3.19. The molecule has 0 N–H and O–H groups in total. The van der Waals surface area contributed by atoms with E-state index in [2.05, 4.69) is 0 Å². The zero-order valence-electron chi connectivity index (χ0n) is 8.59. The van der Waals surface area contributed by atoms with Crippen molar-refractivity contribution in [1.82, 2.24) is 0 Å². The maximum Gasteiger partial charge on any atom is 0.162 e. The lowest BCUT2D eigenvalue weighted by Crippen LogP contribution is -2.35. The second kappa shape index (κ2) is 3.52. The van der Waals surface area contributed by atoms with Crippen LogP contribution in [0, 0.1) is 11.8 Å². The standard InChI is InChI=1S/C11H16F2O/c1-6-3-8-4-9(12)7(2)10(13)11(8)14-5-6/h6-7,9-10H,3-5H2,1-2H3. The van der Waals surface area contributed by atoms with E-state index >= 15 is 0 Å². The zero-order valence-corrected chi connectivity index (χ0v) is 8.59. The van der Waals surface area contributed by atoms with Crippen LogP contribution in [0.3, 0.4) is 0 Å². The molecule has 4 atom stereocenters. The maximum atomic E-state index is 13.7. The van der Waals surface area contributed by atoms with Gasteiger partial charge in [-0.15, -0.1) is 0 Å². The van der Waals surface area contributed by atoms with Gasteiger partial charge in [-0.2, -0.15) is 0 Å². The molecule has 0 amide bonds. The van der Waals surface area contributed by atoms with Crippen LogP contribution in [0.15, 0.2) is 11.3 Å². The van der Waals surface area contributed by atoms with Crippen molar-refractivity contribution in [2.75, 3.05) is 6.61 Å². The van der Waals surface area contributed by atoms with Gasteiger partial charge in [0, 0.05) is 12.3 Å². The average Bonchev–Trinajstić information content (AvgIpc) is 2.14. The lowest BCUT2D eigenvalue weighted by Gasteiger charge is -2.35. The largest absolute Gasteiger partial charge is 0.495 e. The molecule has 1 aliphatic heterocycles. The molecule has 1 heterocycles. The summed E-state index contributed by atoms with van der Waals surface area (Å²) in [6, 6.07) is 0. The molecule has 14 heavy (non-hydrogen) atoms. The summed E-state index contributed by atoms with van der Waals surface area (Å²) in [7, 11) is 0. The molecule has 2 aliphatic rings. The van der Waals surface area contributed by atoms with Gasteiger partial charge in [0.2, 0.25) is 0 Å². The quantitative estimate of drug-likeness (QED) is 0.586. The molecular formula is C11H16F2O. The highest BCUT2D eigenvalue weighted by atomic mass is 19.1. The van der Waals surface area contributed by atoms with Crippen molar-refractivity contribution in [3.63, 3.8) is 0 Å². The molecule has 1 aliphatic carbocycles. The van der Waals surface area contributed by atoms with Gasteiger partial charge in [-0.1, -0.05) is 13.8 Å². The molecule has 1 nitrogen and oxygen atoms in total. The fourth-order valence-corrected chi connectivity index (χ4v) is 2.22. The van der Waals surface area contributed by atoms with Crippen LogP contribution in [-0.2, 0) is 4.74 Å². The minimum Gasteiger partial charge on any atom is -0.495 e. The summed E-state index contributed by atoms with van der Waals surface area (Å²) in [6.07, 6.45) is -1.12. The van der Waals surface area contributed by atoms with Gasteiger partial charge >= 0.3 is 0 Å². The van der Waals surface area contributed by atoms with Gasteiger partial charge in [0.1, 0.15) is 11.9 Å². The van der Waals surface area contributed by atoms with Crippen molar-refractivity contribution in [2.24, 2.45) is 11.8 Å². The first-order chi connectivity index (χ1) is 6.59. The summed E-state index contributed by atoms with van der Waals surface area (Å²) >= 11 is 0. The van der Waals surface area contributed by atoms with Gasteiger partial charge in [0.15, 0.2) is 6.17 Å². The van der Waals surface area contributed by atoms with Gasteiger partial charge in [-0.3, -0.25) is 0 Å². The molecule has 0 radical (unpaired) electrons. The normalized spacial score (nSPS) is 43.1. The number of allylic oxidation sites excluding steroid dienone is 2. The van der Waals surface area contributed by atoms with E-state index in [0.717, 1.165) is 12.0 Å². The van der Waals surface area contributed by atoms with Crippen LogP contribution in [0.1, 0.15) is 26.7 Å². The van der Waals surface area contributed by atoms with Crippen LogP contribution in [-0.4, -0.2) is 19.0 Å². The molecule has 0 bridgehead atoms. The second-order valence-electron chi connectivity index (χ2n) is 4.57. The lowest BCUT2D eigenvalue weighted by molar-refractivity contribution is 0.0433. The maximum absolute atomic E-state index is 13.7. The number of ether oxygens (including phenoxy) is 1. The first-order valence-electron chi connectivity index (χ1n) is 5.22. The molecule has 0 spiro atoms. The van der Waals surface area contributed by atoms with Crippen LogP contribution >= 0.6 is 0 Å². The molecule has 0 saturated carbocycles. The van der Waals surface area contributed by atoms with E-state index in [1.165, 1.54) is 0 Å². The fraction of sp³-hybridized carbons (Fsp3) is 0.818. The number of halogens is 2. The minimum absolute atomic E-state index is 0.362. The van der Waals surface area contributed by atoms with Crippen LogP contribution in [0.2, 0.25) is 0 Å². The Morgan fingerprint density at radius 3 is 2.64 bits per heavy atom. The van der Waals surface area contributed by atoms with Gasteiger partial charge in [0.25, 0.3) is 0 Å². The predicted octanol–water partition coefficient (Wildman–Crippen LogP) is 3.01. The highest BCUT2D eigenvalue weighted by Gasteiger charge is 2.39. The molecule has 2 rings (SSSR count). The Hall–Kier alpha value is -0.600. The molecule has 80 valence electrons. The average molecular weight is 202 g/mol. The molecular weight excluding hydrogens is 186 g/mol. The Morgan fingerprint density at radius 1 is 1.21 bits per heavy atom. The van der Waals surface area contributed by atoms with Gasteiger partial charge in [0.05, 0.1) is 6.61 Å². The summed E-state index contributed by atoms with van der Waals surface area (Å²) in [4.78, 5) is 0. The van der Waals surface area contributed by atoms with Gasteiger partial charge in [-0.25, -0.2) is 8.78 Å². The topological polar surface area (TPSA) is 9.23 Å². The predicted molar refractivity (Wildman–Crippen MR) is 50.3 cm³/mol. The van der Waals surface area contributed by atoms with E-state index in [-0.39, 0.29) is 0 Å². The second-order valence-corrected chi connectivity index (χ2v) is 4.57. The fourth-order valence-electron chi connectivity index (χ4n) is 2.22. The summed E-state index contributed by atoms with van der Waals surface area (Å²) < 4.78 is 32.4. The first-order valence-corrected chi connectivity index (χ1v) is 5.22. The number of rotatable bonds is 0. The summed E-state index contributed by atoms with van der Waals surface area (Å²) in [5.74, 6) is 0.271. The number of hydrogen-bond donors (Lipinski definition) is 0. The SMILES string of the molecule is CC1COC2=C(C1)CC(F)C(C)C2F. The third-order valence-electron chi connectivity index (χ3n) is 3.19. The Morgan fingerprint density at radius 2 is 1.93 bits per heavy atom. The minimum atomic E-state index is -1.23. The molecule has 0 aromatic heterocycles. The Labute approximate surface area is 83.1 Å². The summed E-state index contributed by atoms with van der Waals surface area (Å²) in [5, 5.41) is 0. The van der Waals surface area contributed by atoms with Crippen LogP contribution < -0.4 is 0 Å². The molecule has 0 fully saturated rings. The van der Waals surface area contributed by atoms with Crippen molar-refractivity contribution < 1.29 is 13.5 Å². The third kappa shape index (κ3) is 1.53. The van der Waals surface area contributed by atoms with E-state index in [4.69, 9.17) is 4.74 Å². The van der Waals surface area contributed by atoms with E-state index in [9.17, 15) is 8.78 Å².